The molecule has 1 aliphatic heterocycles. The van der Waals surface area contributed by atoms with Crippen LogP contribution in [0, 0.1) is 19.8 Å². The fourth-order valence-corrected chi connectivity index (χ4v) is 5.66. The third-order valence-electron chi connectivity index (χ3n) is 7.56. The lowest BCUT2D eigenvalue weighted by atomic mass is 9.75. The minimum Gasteiger partial charge on any atom is -0.377 e. The zero-order valence-electron chi connectivity index (χ0n) is 19.5. The number of fused-ring (bicyclic) bond motifs is 4. The first-order chi connectivity index (χ1) is 16.6. The molecule has 4 aromatic carbocycles. The van der Waals surface area contributed by atoms with E-state index in [0.29, 0.717) is 17.4 Å². The number of aryl methyl sites for hydroxylation is 2. The highest BCUT2D eigenvalue weighted by Gasteiger charge is 2.39. The highest BCUT2D eigenvalue weighted by atomic mass is 16.1. The second-order valence-corrected chi connectivity index (χ2v) is 9.57. The Hall–Kier alpha value is -3.85. The van der Waals surface area contributed by atoms with Crippen LogP contribution >= 0.6 is 0 Å². The molecule has 1 heterocycles. The average molecular weight is 445 g/mol. The third-order valence-corrected chi connectivity index (χ3v) is 7.56. The van der Waals surface area contributed by atoms with Crippen molar-refractivity contribution in [3.05, 3.63) is 119 Å². The first-order valence-electron chi connectivity index (χ1n) is 12.0. The molecule has 168 valence electrons. The van der Waals surface area contributed by atoms with Crippen molar-refractivity contribution in [2.24, 2.45) is 5.92 Å². The zero-order chi connectivity index (χ0) is 23.2. The van der Waals surface area contributed by atoms with E-state index in [4.69, 9.17) is 0 Å². The Bertz CT molecular complexity index is 1450. The van der Waals surface area contributed by atoms with Gasteiger partial charge in [0.2, 0.25) is 0 Å². The lowest BCUT2D eigenvalue weighted by Crippen LogP contribution is -2.31. The van der Waals surface area contributed by atoms with E-state index in [-0.39, 0.29) is 11.9 Å². The fourth-order valence-electron chi connectivity index (χ4n) is 5.66. The van der Waals surface area contributed by atoms with Crippen LogP contribution in [0.2, 0.25) is 0 Å². The number of benzene rings is 4. The summed E-state index contributed by atoms with van der Waals surface area (Å²) in [4.78, 5) is 13.5. The SMILES string of the molecule is Cc1ccc(NC(=O)c2cccc3c2NC(c2cccc4ccccc24)C2CC=CC32)cc1C. The molecule has 2 aliphatic rings. The van der Waals surface area contributed by atoms with Crippen molar-refractivity contribution < 1.29 is 4.79 Å². The van der Waals surface area contributed by atoms with Gasteiger partial charge in [0.1, 0.15) is 0 Å². The topological polar surface area (TPSA) is 41.1 Å². The largest absolute Gasteiger partial charge is 0.377 e. The summed E-state index contributed by atoms with van der Waals surface area (Å²) in [5, 5.41) is 9.47. The van der Waals surface area contributed by atoms with Crippen molar-refractivity contribution in [2.45, 2.75) is 32.2 Å². The summed E-state index contributed by atoms with van der Waals surface area (Å²) in [6.45, 7) is 4.15. The van der Waals surface area contributed by atoms with Crippen molar-refractivity contribution in [1.29, 1.82) is 0 Å². The van der Waals surface area contributed by atoms with Crippen molar-refractivity contribution in [3.63, 3.8) is 0 Å². The molecule has 2 N–H and O–H groups in total. The molecule has 6 rings (SSSR count). The van der Waals surface area contributed by atoms with E-state index in [9.17, 15) is 4.79 Å². The van der Waals surface area contributed by atoms with Crippen LogP contribution in [-0.2, 0) is 0 Å². The molecule has 0 fully saturated rings. The van der Waals surface area contributed by atoms with Crippen LogP contribution in [0.25, 0.3) is 10.8 Å². The van der Waals surface area contributed by atoms with Gasteiger partial charge in [-0.25, -0.2) is 0 Å². The van der Waals surface area contributed by atoms with Crippen molar-refractivity contribution in [1.82, 2.24) is 0 Å². The molecule has 3 unspecified atom stereocenters. The Labute approximate surface area is 200 Å². The van der Waals surface area contributed by atoms with Crippen molar-refractivity contribution in [3.8, 4) is 0 Å². The van der Waals surface area contributed by atoms with Gasteiger partial charge < -0.3 is 10.6 Å². The summed E-state index contributed by atoms with van der Waals surface area (Å²) in [7, 11) is 0. The molecule has 0 radical (unpaired) electrons. The lowest BCUT2D eigenvalue weighted by Gasteiger charge is -2.38. The second kappa shape index (κ2) is 8.18. The number of hydrogen-bond donors (Lipinski definition) is 2. The maximum absolute atomic E-state index is 13.5. The van der Waals surface area contributed by atoms with Gasteiger partial charge in [-0.3, -0.25) is 4.79 Å². The summed E-state index contributed by atoms with van der Waals surface area (Å²) in [6.07, 6.45) is 5.66. The van der Waals surface area contributed by atoms with Gasteiger partial charge >= 0.3 is 0 Å². The molecule has 3 atom stereocenters. The molecule has 3 heteroatoms. The maximum Gasteiger partial charge on any atom is 0.257 e. The van der Waals surface area contributed by atoms with E-state index < -0.39 is 0 Å². The van der Waals surface area contributed by atoms with Gasteiger partial charge in [-0.15, -0.1) is 0 Å². The Morgan fingerprint density at radius 1 is 0.882 bits per heavy atom. The highest BCUT2D eigenvalue weighted by Crippen LogP contribution is 2.51. The number of rotatable bonds is 3. The van der Waals surface area contributed by atoms with Gasteiger partial charge in [-0.05, 0) is 77.4 Å². The molecule has 1 aliphatic carbocycles. The van der Waals surface area contributed by atoms with Gasteiger partial charge in [0, 0.05) is 11.6 Å². The standard InChI is InChI=1S/C31H28N2O/c1-19-16-17-22(18-20(19)2)32-31(34)28-15-7-14-27-24-11-6-13-26(24)29(33-30(27)28)25-12-5-9-21-8-3-4-10-23(21)25/h3-12,14-18,24,26,29,33H,13H2,1-2H3,(H,32,34). The number of para-hydroxylation sites is 1. The Kier molecular flexibility index (Phi) is 4.99. The van der Waals surface area contributed by atoms with E-state index in [0.717, 1.165) is 17.8 Å². The van der Waals surface area contributed by atoms with Gasteiger partial charge in [-0.1, -0.05) is 72.8 Å². The van der Waals surface area contributed by atoms with Gasteiger partial charge in [0.25, 0.3) is 5.91 Å². The van der Waals surface area contributed by atoms with Crippen molar-refractivity contribution in [2.75, 3.05) is 10.6 Å². The minimum atomic E-state index is -0.0790. The summed E-state index contributed by atoms with van der Waals surface area (Å²) in [5.74, 6) is 0.649. The molecule has 0 aromatic heterocycles. The number of hydrogen-bond acceptors (Lipinski definition) is 2. The highest BCUT2D eigenvalue weighted by molar-refractivity contribution is 6.09. The molecule has 0 bridgehead atoms. The number of nitrogens with one attached hydrogen (secondary N) is 2. The van der Waals surface area contributed by atoms with Crippen LogP contribution in [-0.4, -0.2) is 5.91 Å². The van der Waals surface area contributed by atoms with Crippen LogP contribution in [0.15, 0.2) is 91.0 Å². The second-order valence-electron chi connectivity index (χ2n) is 9.57. The van der Waals surface area contributed by atoms with E-state index >= 15 is 0 Å². The first kappa shape index (κ1) is 20.7. The summed E-state index contributed by atoms with van der Waals surface area (Å²) in [5.41, 5.74) is 7.37. The molecule has 3 nitrogen and oxygen atoms in total. The lowest BCUT2D eigenvalue weighted by molar-refractivity contribution is 0.102. The van der Waals surface area contributed by atoms with Crippen LogP contribution in [0.5, 0.6) is 0 Å². The van der Waals surface area contributed by atoms with Gasteiger partial charge in [0.15, 0.2) is 0 Å². The number of allylic oxidation sites excluding steroid dienone is 2. The van der Waals surface area contributed by atoms with E-state index in [1.54, 1.807) is 0 Å². The van der Waals surface area contributed by atoms with Crippen molar-refractivity contribution >= 4 is 28.1 Å². The zero-order valence-corrected chi connectivity index (χ0v) is 19.5. The monoisotopic (exact) mass is 444 g/mol. The number of amides is 1. The molecule has 0 spiro atoms. The molecular weight excluding hydrogens is 416 g/mol. The smallest absolute Gasteiger partial charge is 0.257 e. The molecule has 4 aromatic rings. The third kappa shape index (κ3) is 3.40. The van der Waals surface area contributed by atoms with Crippen LogP contribution in [0.1, 0.15) is 51.0 Å². The summed E-state index contributed by atoms with van der Waals surface area (Å²) < 4.78 is 0. The molecule has 34 heavy (non-hydrogen) atoms. The number of carbonyl (C=O) groups is 1. The van der Waals surface area contributed by atoms with E-state index in [2.05, 4.69) is 85.2 Å². The predicted octanol–water partition coefficient (Wildman–Crippen LogP) is 7.54. The molecule has 0 saturated heterocycles. The fraction of sp³-hybridized carbons (Fsp3) is 0.194. The molecular formula is C31H28N2O. The Morgan fingerprint density at radius 2 is 1.68 bits per heavy atom. The minimum absolute atomic E-state index is 0.0790. The first-order valence-corrected chi connectivity index (χ1v) is 12.0. The predicted molar refractivity (Wildman–Crippen MR) is 141 cm³/mol. The quantitative estimate of drug-likeness (QED) is 0.321. The molecule has 0 saturated carbocycles. The van der Waals surface area contributed by atoms with Gasteiger partial charge in [0.05, 0.1) is 17.3 Å². The normalized spacial score (nSPS) is 20.5. The van der Waals surface area contributed by atoms with E-state index in [1.807, 2.05) is 30.3 Å². The molecule has 1 amide bonds. The van der Waals surface area contributed by atoms with Crippen LogP contribution in [0.3, 0.4) is 0 Å². The number of carbonyl (C=O) groups excluding carboxylic acids is 1. The van der Waals surface area contributed by atoms with E-state index in [1.165, 1.54) is 33.0 Å². The maximum atomic E-state index is 13.5. The van der Waals surface area contributed by atoms with Crippen LogP contribution in [0.4, 0.5) is 11.4 Å². The Morgan fingerprint density at radius 3 is 2.56 bits per heavy atom. The summed E-state index contributed by atoms with van der Waals surface area (Å²) >= 11 is 0. The average Bonchev–Trinajstić information content (AvgIpc) is 3.35. The summed E-state index contributed by atoms with van der Waals surface area (Å²) in [6, 6.07) is 27.4. The van der Waals surface area contributed by atoms with Gasteiger partial charge in [-0.2, -0.15) is 0 Å². The number of anilines is 2. The van der Waals surface area contributed by atoms with Crippen LogP contribution < -0.4 is 10.6 Å². The Balaban J connectivity index is 1.42.